The maximum Gasteiger partial charge on any atom is 0.229 e. The van der Waals surface area contributed by atoms with Gasteiger partial charge in [0.15, 0.2) is 0 Å². The van der Waals surface area contributed by atoms with Crippen LogP contribution in [0.1, 0.15) is 17.7 Å². The Labute approximate surface area is 169 Å². The molecule has 0 unspecified atom stereocenters. The van der Waals surface area contributed by atoms with E-state index in [0.717, 1.165) is 11.3 Å². The Morgan fingerprint density at radius 2 is 1.97 bits per heavy atom. The van der Waals surface area contributed by atoms with Crippen LogP contribution in [0.4, 0.5) is 5.69 Å². The molecule has 2 heterocycles. The van der Waals surface area contributed by atoms with Gasteiger partial charge in [0.2, 0.25) is 11.8 Å². The van der Waals surface area contributed by atoms with Gasteiger partial charge >= 0.3 is 0 Å². The van der Waals surface area contributed by atoms with Crippen molar-refractivity contribution in [3.63, 3.8) is 0 Å². The van der Waals surface area contributed by atoms with E-state index in [1.165, 1.54) is 0 Å². The van der Waals surface area contributed by atoms with Crippen molar-refractivity contribution in [1.82, 2.24) is 4.90 Å². The third-order valence-electron chi connectivity index (χ3n) is 4.86. The molecule has 6 nitrogen and oxygen atoms in total. The third-order valence-corrected chi connectivity index (χ3v) is 4.86. The molecule has 0 saturated carbocycles. The van der Waals surface area contributed by atoms with Crippen molar-refractivity contribution in [2.24, 2.45) is 5.92 Å². The number of rotatable bonds is 6. The SMILES string of the molecule is Cc1cccc(Oc2ccc(NC(=O)[C@H]3CC(=O)N(Cc4ccco4)C3)cc2)c1. The fourth-order valence-electron chi connectivity index (χ4n) is 3.36. The van der Waals surface area contributed by atoms with Crippen LogP contribution in [-0.4, -0.2) is 23.3 Å². The molecule has 1 saturated heterocycles. The van der Waals surface area contributed by atoms with Crippen LogP contribution in [0.2, 0.25) is 0 Å². The number of nitrogens with zero attached hydrogens (tertiary/aromatic N) is 1. The van der Waals surface area contributed by atoms with Gasteiger partial charge in [0.1, 0.15) is 17.3 Å². The second-order valence-corrected chi connectivity index (χ2v) is 7.19. The Morgan fingerprint density at radius 1 is 1.14 bits per heavy atom. The first kappa shape index (κ1) is 18.8. The molecule has 1 aliphatic rings. The first-order valence-corrected chi connectivity index (χ1v) is 9.52. The molecule has 1 fully saturated rings. The fraction of sp³-hybridized carbons (Fsp3) is 0.217. The second-order valence-electron chi connectivity index (χ2n) is 7.19. The van der Waals surface area contributed by atoms with Gasteiger partial charge < -0.3 is 19.4 Å². The zero-order valence-corrected chi connectivity index (χ0v) is 16.1. The van der Waals surface area contributed by atoms with Crippen molar-refractivity contribution in [1.29, 1.82) is 0 Å². The van der Waals surface area contributed by atoms with Crippen LogP contribution >= 0.6 is 0 Å². The Morgan fingerprint density at radius 3 is 2.69 bits per heavy atom. The lowest BCUT2D eigenvalue weighted by Crippen LogP contribution is -2.27. The van der Waals surface area contributed by atoms with Crippen LogP contribution in [0.25, 0.3) is 0 Å². The van der Waals surface area contributed by atoms with Crippen molar-refractivity contribution in [2.75, 3.05) is 11.9 Å². The van der Waals surface area contributed by atoms with Crippen LogP contribution in [0.15, 0.2) is 71.3 Å². The molecular formula is C23H22N2O4. The molecule has 4 rings (SSSR count). The summed E-state index contributed by atoms with van der Waals surface area (Å²) in [5.74, 6) is 1.59. The smallest absolute Gasteiger partial charge is 0.229 e. The van der Waals surface area contributed by atoms with Crippen LogP contribution in [0.3, 0.4) is 0 Å². The number of hydrogen-bond donors (Lipinski definition) is 1. The van der Waals surface area contributed by atoms with Crippen molar-refractivity contribution in [2.45, 2.75) is 19.9 Å². The molecule has 0 spiro atoms. The predicted molar refractivity (Wildman–Crippen MR) is 109 cm³/mol. The van der Waals surface area contributed by atoms with Gasteiger partial charge in [0, 0.05) is 18.7 Å². The van der Waals surface area contributed by atoms with Gasteiger partial charge in [0.05, 0.1) is 18.7 Å². The average molecular weight is 390 g/mol. The Hall–Kier alpha value is -3.54. The van der Waals surface area contributed by atoms with E-state index < -0.39 is 0 Å². The predicted octanol–water partition coefficient (Wildman–Crippen LogP) is 4.37. The van der Waals surface area contributed by atoms with E-state index in [2.05, 4.69) is 5.32 Å². The summed E-state index contributed by atoms with van der Waals surface area (Å²) < 4.78 is 11.1. The van der Waals surface area contributed by atoms with E-state index in [1.807, 2.05) is 37.3 Å². The first-order chi connectivity index (χ1) is 14.1. The summed E-state index contributed by atoms with van der Waals surface area (Å²) >= 11 is 0. The molecule has 1 atom stereocenters. The first-order valence-electron chi connectivity index (χ1n) is 9.52. The maximum atomic E-state index is 12.6. The highest BCUT2D eigenvalue weighted by molar-refractivity contribution is 5.97. The number of likely N-dealkylation sites (tertiary alicyclic amines) is 1. The van der Waals surface area contributed by atoms with Crippen molar-refractivity contribution >= 4 is 17.5 Å². The number of nitrogens with one attached hydrogen (secondary N) is 1. The minimum Gasteiger partial charge on any atom is -0.467 e. The summed E-state index contributed by atoms with van der Waals surface area (Å²) in [5, 5.41) is 2.89. The number of hydrogen-bond acceptors (Lipinski definition) is 4. The minimum absolute atomic E-state index is 0.0385. The van der Waals surface area contributed by atoms with Crippen molar-refractivity contribution in [3.05, 3.63) is 78.3 Å². The molecular weight excluding hydrogens is 368 g/mol. The number of amides is 2. The highest BCUT2D eigenvalue weighted by atomic mass is 16.5. The molecule has 2 aromatic carbocycles. The zero-order chi connectivity index (χ0) is 20.2. The number of carbonyl (C=O) groups excluding carboxylic acids is 2. The number of aryl methyl sites for hydroxylation is 1. The van der Waals surface area contributed by atoms with E-state index in [0.29, 0.717) is 30.3 Å². The van der Waals surface area contributed by atoms with E-state index in [1.54, 1.807) is 41.5 Å². The molecule has 3 aromatic rings. The maximum absolute atomic E-state index is 12.6. The van der Waals surface area contributed by atoms with Crippen molar-refractivity contribution < 1.29 is 18.7 Å². The summed E-state index contributed by atoms with van der Waals surface area (Å²) in [6.45, 7) is 2.79. The van der Waals surface area contributed by atoms with Gasteiger partial charge in [-0.3, -0.25) is 9.59 Å². The fourth-order valence-corrected chi connectivity index (χ4v) is 3.36. The molecule has 1 aliphatic heterocycles. The Kier molecular flexibility index (Phi) is 5.33. The normalized spacial score (nSPS) is 16.1. The van der Waals surface area contributed by atoms with Gasteiger partial charge in [-0.15, -0.1) is 0 Å². The van der Waals surface area contributed by atoms with Crippen LogP contribution in [0.5, 0.6) is 11.5 Å². The van der Waals surface area contributed by atoms with Crippen molar-refractivity contribution in [3.8, 4) is 11.5 Å². The molecule has 0 aliphatic carbocycles. The summed E-state index contributed by atoms with van der Waals surface area (Å²) in [7, 11) is 0. The topological polar surface area (TPSA) is 71.8 Å². The van der Waals surface area contributed by atoms with Crippen LogP contribution in [-0.2, 0) is 16.1 Å². The van der Waals surface area contributed by atoms with Crippen LogP contribution in [0, 0.1) is 12.8 Å². The molecule has 6 heteroatoms. The lowest BCUT2D eigenvalue weighted by Gasteiger charge is -2.15. The molecule has 0 radical (unpaired) electrons. The van der Waals surface area contributed by atoms with E-state index >= 15 is 0 Å². The summed E-state index contributed by atoms with van der Waals surface area (Å²) in [5.41, 5.74) is 1.79. The molecule has 1 aromatic heterocycles. The number of ether oxygens (including phenoxy) is 1. The summed E-state index contributed by atoms with van der Waals surface area (Å²) in [6.07, 6.45) is 1.79. The zero-order valence-electron chi connectivity index (χ0n) is 16.1. The molecule has 29 heavy (non-hydrogen) atoms. The standard InChI is InChI=1S/C23H22N2O4/c1-16-4-2-5-20(12-16)29-19-9-7-18(8-10-19)24-23(27)17-13-22(26)25(14-17)15-21-6-3-11-28-21/h2-12,17H,13-15H2,1H3,(H,24,27)/t17-/m0/s1. The van der Waals surface area contributed by atoms with Gasteiger partial charge in [0.25, 0.3) is 0 Å². The van der Waals surface area contributed by atoms with Gasteiger partial charge in [-0.2, -0.15) is 0 Å². The minimum atomic E-state index is -0.374. The average Bonchev–Trinajstić information content (AvgIpc) is 3.34. The lowest BCUT2D eigenvalue weighted by atomic mass is 10.1. The van der Waals surface area contributed by atoms with Gasteiger partial charge in [-0.05, 0) is 61.0 Å². The highest BCUT2D eigenvalue weighted by Gasteiger charge is 2.34. The molecule has 2 amide bonds. The quantitative estimate of drug-likeness (QED) is 0.678. The van der Waals surface area contributed by atoms with E-state index in [-0.39, 0.29) is 24.2 Å². The number of benzene rings is 2. The largest absolute Gasteiger partial charge is 0.467 e. The van der Waals surface area contributed by atoms with Gasteiger partial charge in [-0.25, -0.2) is 0 Å². The Bertz CT molecular complexity index is 996. The molecule has 148 valence electrons. The van der Waals surface area contributed by atoms with E-state index in [9.17, 15) is 9.59 Å². The summed E-state index contributed by atoms with van der Waals surface area (Å²) in [4.78, 5) is 26.4. The van der Waals surface area contributed by atoms with E-state index in [4.69, 9.17) is 9.15 Å². The molecule has 0 bridgehead atoms. The monoisotopic (exact) mass is 390 g/mol. The number of anilines is 1. The summed E-state index contributed by atoms with van der Waals surface area (Å²) in [6, 6.07) is 18.6. The number of furan rings is 1. The number of carbonyl (C=O) groups is 2. The second kappa shape index (κ2) is 8.22. The Balaban J connectivity index is 1.33. The third kappa shape index (κ3) is 4.66. The highest BCUT2D eigenvalue weighted by Crippen LogP contribution is 2.25. The lowest BCUT2D eigenvalue weighted by molar-refractivity contribution is -0.128. The van der Waals surface area contributed by atoms with Gasteiger partial charge in [-0.1, -0.05) is 12.1 Å². The molecule has 1 N–H and O–H groups in total. The van der Waals surface area contributed by atoms with Crippen LogP contribution < -0.4 is 10.1 Å².